The number of amides is 1. The van der Waals surface area contributed by atoms with E-state index < -0.39 is 11.6 Å². The number of aliphatic hydroxyl groups excluding tert-OH is 1. The molecule has 0 spiro atoms. The summed E-state index contributed by atoms with van der Waals surface area (Å²) in [4.78, 5) is 21.8. The van der Waals surface area contributed by atoms with Crippen LogP contribution in [0.2, 0.25) is 0 Å². The lowest BCUT2D eigenvalue weighted by molar-refractivity contribution is -0.192. The topological polar surface area (TPSA) is 108 Å². The zero-order valence-electron chi connectivity index (χ0n) is 17.8. The average molecular weight is 403 g/mol. The Kier molecular flexibility index (Phi) is 11.2. The van der Waals surface area contributed by atoms with Gasteiger partial charge in [0.05, 0.1) is 12.4 Å². The smallest absolute Gasteiger partial charge is 0.220 e. The molecule has 7 nitrogen and oxygen atoms in total. The molecule has 0 saturated heterocycles. The number of carbonyl (C=O) groups excluding carboxylic acids is 2. The van der Waals surface area contributed by atoms with E-state index in [0.717, 1.165) is 6.08 Å². The lowest BCUT2D eigenvalue weighted by Crippen LogP contribution is -2.40. The van der Waals surface area contributed by atoms with E-state index >= 15 is 0 Å². The number of hydrogen-bond donors (Lipinski definition) is 4. The second kappa shape index (κ2) is 11.9. The molecular weight excluding hydrogens is 367 g/mol. The summed E-state index contributed by atoms with van der Waals surface area (Å²) in [5.74, 6) is -1.52. The molecule has 0 heterocycles. The van der Waals surface area contributed by atoms with E-state index in [2.05, 4.69) is 10.6 Å². The van der Waals surface area contributed by atoms with Crippen molar-refractivity contribution in [3.05, 3.63) is 23.2 Å². The number of ether oxygens (including phenoxy) is 1. The third-order valence-electron chi connectivity index (χ3n) is 3.92. The normalized spacial score (nSPS) is 15.9. The van der Waals surface area contributed by atoms with Gasteiger partial charge >= 0.3 is 0 Å². The van der Waals surface area contributed by atoms with Crippen molar-refractivity contribution in [2.45, 2.75) is 65.7 Å². The molecular formula is C20H35FN2O5. The number of rotatable bonds is 9. The second-order valence-corrected chi connectivity index (χ2v) is 8.18. The van der Waals surface area contributed by atoms with Crippen molar-refractivity contribution in [3.8, 4) is 0 Å². The summed E-state index contributed by atoms with van der Waals surface area (Å²) in [7, 11) is 1.86. The molecule has 4 N–H and O–H groups in total. The van der Waals surface area contributed by atoms with Crippen LogP contribution in [0.1, 0.15) is 53.9 Å². The first-order chi connectivity index (χ1) is 12.8. The van der Waals surface area contributed by atoms with Gasteiger partial charge in [-0.1, -0.05) is 13.8 Å². The maximum Gasteiger partial charge on any atom is 0.220 e. The van der Waals surface area contributed by atoms with Crippen molar-refractivity contribution in [2.75, 3.05) is 20.2 Å². The molecule has 0 aromatic rings. The molecule has 162 valence electrons. The van der Waals surface area contributed by atoms with Gasteiger partial charge in [0.1, 0.15) is 5.83 Å². The maximum absolute atomic E-state index is 12.5. The van der Waals surface area contributed by atoms with Gasteiger partial charge in [0, 0.05) is 37.4 Å². The number of aldehydes is 1. The van der Waals surface area contributed by atoms with E-state index in [-0.39, 0.29) is 35.1 Å². The van der Waals surface area contributed by atoms with Crippen molar-refractivity contribution >= 4 is 12.2 Å². The Bertz CT molecular complexity index is 580. The Labute approximate surface area is 167 Å². The largest absolute Gasteiger partial charge is 0.512 e. The molecule has 0 radical (unpaired) electrons. The van der Waals surface area contributed by atoms with Crippen molar-refractivity contribution < 1.29 is 28.9 Å². The Balaban J connectivity index is 0.000000609. The molecule has 1 rings (SSSR count). The quantitative estimate of drug-likeness (QED) is 0.349. The van der Waals surface area contributed by atoms with E-state index in [1.807, 2.05) is 27.8 Å². The SMILES string of the molecule is CNC(C)CNC(=O)CC(C)(C)COC(C)(C)O.O=CC1=C(F)CCC(O)=C1. The fourth-order valence-electron chi connectivity index (χ4n) is 2.10. The van der Waals surface area contributed by atoms with Gasteiger partial charge in [-0.15, -0.1) is 0 Å². The van der Waals surface area contributed by atoms with Gasteiger partial charge in [0.15, 0.2) is 12.1 Å². The van der Waals surface area contributed by atoms with Gasteiger partial charge in [0.25, 0.3) is 0 Å². The zero-order chi connectivity index (χ0) is 22.0. The summed E-state index contributed by atoms with van der Waals surface area (Å²) >= 11 is 0. The number of allylic oxidation sites excluding steroid dienone is 4. The van der Waals surface area contributed by atoms with Crippen molar-refractivity contribution in [1.29, 1.82) is 0 Å². The Hall–Kier alpha value is -1.77. The first-order valence-electron chi connectivity index (χ1n) is 9.33. The molecule has 28 heavy (non-hydrogen) atoms. The predicted molar refractivity (Wildman–Crippen MR) is 106 cm³/mol. The lowest BCUT2D eigenvalue weighted by Gasteiger charge is -2.28. The van der Waals surface area contributed by atoms with Crippen LogP contribution in [0, 0.1) is 5.41 Å². The summed E-state index contributed by atoms with van der Waals surface area (Å²) in [6.45, 7) is 10.0. The molecule has 0 saturated carbocycles. The van der Waals surface area contributed by atoms with Crippen LogP contribution in [-0.4, -0.2) is 54.4 Å². The van der Waals surface area contributed by atoms with Crippen LogP contribution >= 0.6 is 0 Å². The molecule has 1 amide bonds. The van der Waals surface area contributed by atoms with Crippen LogP contribution in [0.3, 0.4) is 0 Å². The highest BCUT2D eigenvalue weighted by atomic mass is 19.1. The van der Waals surface area contributed by atoms with Gasteiger partial charge in [0.2, 0.25) is 5.91 Å². The maximum atomic E-state index is 12.5. The molecule has 1 unspecified atom stereocenters. The van der Waals surface area contributed by atoms with Crippen LogP contribution in [0.4, 0.5) is 4.39 Å². The summed E-state index contributed by atoms with van der Waals surface area (Å²) in [5, 5.41) is 24.2. The van der Waals surface area contributed by atoms with Gasteiger partial charge in [-0.3, -0.25) is 9.59 Å². The Morgan fingerprint density at radius 2 is 1.96 bits per heavy atom. The highest BCUT2D eigenvalue weighted by Gasteiger charge is 2.25. The predicted octanol–water partition coefficient (Wildman–Crippen LogP) is 2.52. The fourth-order valence-corrected chi connectivity index (χ4v) is 2.10. The number of halogens is 1. The standard InChI is InChI=1S/C13H28N2O3.C7H7FO2/c1-10(14-6)8-15-11(16)7-12(2,3)9-18-13(4,5)17;8-7-2-1-6(10)3-5(7)4-9/h10,14,17H,7-9H2,1-6H3,(H,15,16);3-4,10H,1-2H2. The molecule has 1 aliphatic carbocycles. The van der Waals surface area contributed by atoms with Gasteiger partial charge < -0.3 is 25.6 Å². The van der Waals surface area contributed by atoms with Gasteiger partial charge in [-0.05, 0) is 39.3 Å². The highest BCUT2D eigenvalue weighted by Crippen LogP contribution is 2.23. The highest BCUT2D eigenvalue weighted by molar-refractivity contribution is 5.78. The number of nitrogens with one attached hydrogen (secondary N) is 2. The Morgan fingerprint density at radius 3 is 2.43 bits per heavy atom. The van der Waals surface area contributed by atoms with E-state index in [1.165, 1.54) is 0 Å². The van der Waals surface area contributed by atoms with E-state index in [0.29, 0.717) is 32.3 Å². The van der Waals surface area contributed by atoms with Crippen LogP contribution < -0.4 is 10.6 Å². The number of likely N-dealkylation sites (N-methyl/N-ethyl adjacent to an activating group) is 1. The van der Waals surface area contributed by atoms with Crippen molar-refractivity contribution in [1.82, 2.24) is 10.6 Å². The minimum Gasteiger partial charge on any atom is -0.512 e. The van der Waals surface area contributed by atoms with Crippen LogP contribution in [0.25, 0.3) is 0 Å². The van der Waals surface area contributed by atoms with Crippen LogP contribution in [0.5, 0.6) is 0 Å². The molecule has 0 aliphatic heterocycles. The summed E-state index contributed by atoms with van der Waals surface area (Å²) < 4.78 is 17.8. The van der Waals surface area contributed by atoms with E-state index in [1.54, 1.807) is 13.8 Å². The number of carbonyl (C=O) groups is 2. The van der Waals surface area contributed by atoms with Crippen molar-refractivity contribution in [2.24, 2.45) is 5.41 Å². The first-order valence-corrected chi connectivity index (χ1v) is 9.33. The third kappa shape index (κ3) is 12.6. The fraction of sp³-hybridized carbons (Fsp3) is 0.700. The summed E-state index contributed by atoms with van der Waals surface area (Å²) in [6, 6.07) is 0.254. The molecule has 0 aromatic carbocycles. The van der Waals surface area contributed by atoms with Crippen LogP contribution in [0.15, 0.2) is 23.2 Å². The molecule has 0 aromatic heterocycles. The molecule has 0 fully saturated rings. The van der Waals surface area contributed by atoms with Crippen molar-refractivity contribution in [3.63, 3.8) is 0 Å². The summed E-state index contributed by atoms with van der Waals surface area (Å²) in [6.07, 6.45) is 2.37. The molecule has 1 atom stereocenters. The molecule has 0 bridgehead atoms. The first kappa shape index (κ1) is 26.2. The van der Waals surface area contributed by atoms with E-state index in [4.69, 9.17) is 9.84 Å². The van der Waals surface area contributed by atoms with Gasteiger partial charge in [-0.25, -0.2) is 4.39 Å². The third-order valence-corrected chi connectivity index (χ3v) is 3.92. The van der Waals surface area contributed by atoms with E-state index in [9.17, 15) is 19.1 Å². The van der Waals surface area contributed by atoms with Crippen LogP contribution in [-0.2, 0) is 14.3 Å². The monoisotopic (exact) mass is 402 g/mol. The average Bonchev–Trinajstić information content (AvgIpc) is 2.59. The zero-order valence-corrected chi connectivity index (χ0v) is 17.8. The summed E-state index contributed by atoms with van der Waals surface area (Å²) in [5.41, 5.74) is -0.337. The molecule has 8 heteroatoms. The second-order valence-electron chi connectivity index (χ2n) is 8.18. The minimum absolute atomic E-state index is 0.00134. The minimum atomic E-state index is -1.16. The molecule has 1 aliphatic rings. The Morgan fingerprint density at radius 1 is 1.36 bits per heavy atom. The lowest BCUT2D eigenvalue weighted by atomic mass is 9.90. The number of hydrogen-bond acceptors (Lipinski definition) is 6. The van der Waals surface area contributed by atoms with Gasteiger partial charge in [-0.2, -0.15) is 0 Å². The number of aliphatic hydroxyl groups is 2.